The number of fused-ring (bicyclic) bond motifs is 1. The van der Waals surface area contributed by atoms with Crippen LogP contribution in [0.2, 0.25) is 0 Å². The molecule has 3 aromatic rings. The molecule has 0 aromatic carbocycles. The van der Waals surface area contributed by atoms with E-state index in [0.29, 0.717) is 23.8 Å². The Kier molecular flexibility index (Phi) is 7.52. The second kappa shape index (κ2) is 10.8. The predicted molar refractivity (Wildman–Crippen MR) is 154 cm³/mol. The number of likely N-dealkylation sites (tertiary alicyclic amines) is 1. The zero-order valence-electron chi connectivity index (χ0n) is 22.2. The van der Waals surface area contributed by atoms with Gasteiger partial charge < -0.3 is 15.2 Å². The Morgan fingerprint density at radius 3 is 2.76 bits per heavy atom. The number of nitrogens with zero attached hydrogens (tertiary/aromatic N) is 6. The van der Waals surface area contributed by atoms with Gasteiger partial charge in [0.15, 0.2) is 0 Å². The van der Waals surface area contributed by atoms with Gasteiger partial charge in [0.05, 0.1) is 10.7 Å². The van der Waals surface area contributed by atoms with Crippen molar-refractivity contribution >= 4 is 44.5 Å². The molecule has 0 amide bonds. The first-order valence-corrected chi connectivity index (χ1v) is 13.6. The Morgan fingerprint density at radius 2 is 2.05 bits per heavy atom. The second-order valence-corrected chi connectivity index (χ2v) is 10.9. The molecular weight excluding hydrogens is 479 g/mol. The number of imidazole rings is 1. The zero-order valence-corrected chi connectivity index (χ0v) is 23.4. The summed E-state index contributed by atoms with van der Waals surface area (Å²) in [5.41, 5.74) is 3.27. The third-order valence-corrected chi connectivity index (χ3v) is 7.88. The normalized spacial score (nSPS) is 20.7. The van der Waals surface area contributed by atoms with Gasteiger partial charge in [-0.25, -0.2) is 19.9 Å². The predicted octanol–water partition coefficient (Wildman–Crippen LogP) is 2.29. The van der Waals surface area contributed by atoms with Crippen LogP contribution in [0, 0.1) is 12.8 Å². The summed E-state index contributed by atoms with van der Waals surface area (Å²) in [4.78, 5) is 20.8. The fourth-order valence-corrected chi connectivity index (χ4v) is 5.86. The Balaban J connectivity index is 1.33. The quantitative estimate of drug-likeness (QED) is 0.466. The van der Waals surface area contributed by atoms with Crippen LogP contribution < -0.4 is 26.6 Å². The lowest BCUT2D eigenvalue weighted by molar-refractivity contribution is -0.0115. The maximum absolute atomic E-state index is 4.60. The maximum atomic E-state index is 4.60. The number of rotatable bonds is 7. The molecule has 2 N–H and O–H groups in total. The Labute approximate surface area is 221 Å². The lowest BCUT2D eigenvalue weighted by Crippen LogP contribution is -2.62. The van der Waals surface area contributed by atoms with Gasteiger partial charge in [-0.3, -0.25) is 4.90 Å². The van der Waals surface area contributed by atoms with Crippen molar-refractivity contribution < 1.29 is 0 Å². The molecule has 5 rings (SSSR count). The number of piperidine rings is 1. The average Bonchev–Trinajstić information content (AvgIpc) is 3.15. The molecule has 0 aliphatic carbocycles. The molecule has 2 fully saturated rings. The number of hydrogen-bond acceptors (Lipinski definition) is 7. The molecule has 2 aliphatic rings. The molecule has 0 saturated carbocycles. The van der Waals surface area contributed by atoms with Crippen molar-refractivity contribution in [1.82, 2.24) is 34.7 Å². The molecule has 8 nitrogen and oxygen atoms in total. The van der Waals surface area contributed by atoms with E-state index in [1.165, 1.54) is 13.0 Å². The second-order valence-electron chi connectivity index (χ2n) is 10.3. The van der Waals surface area contributed by atoms with E-state index in [1.807, 2.05) is 38.5 Å². The molecule has 0 radical (unpaired) electrons. The van der Waals surface area contributed by atoms with Crippen molar-refractivity contribution in [3.05, 3.63) is 58.4 Å². The minimum absolute atomic E-state index is 0.291. The lowest BCUT2D eigenvalue weighted by Gasteiger charge is -2.51. The van der Waals surface area contributed by atoms with Gasteiger partial charge in [0.1, 0.15) is 11.6 Å². The largest absolute Gasteiger partial charge is 0.326 e. The maximum Gasteiger partial charge on any atom is 0.228 e. The summed E-state index contributed by atoms with van der Waals surface area (Å²) in [6, 6.07) is 2.98. The van der Waals surface area contributed by atoms with Crippen LogP contribution in [-0.2, 0) is 6.54 Å². The van der Waals surface area contributed by atoms with Crippen molar-refractivity contribution in [3.63, 3.8) is 0 Å². The van der Waals surface area contributed by atoms with Crippen molar-refractivity contribution in [2.24, 2.45) is 5.92 Å². The Morgan fingerprint density at radius 1 is 1.27 bits per heavy atom. The van der Waals surface area contributed by atoms with E-state index in [4.69, 9.17) is 0 Å². The number of aromatic nitrogens is 5. The third-order valence-electron chi connectivity index (χ3n) is 7.42. The molecule has 2 saturated heterocycles. The van der Waals surface area contributed by atoms with Gasteiger partial charge in [-0.1, -0.05) is 12.7 Å². The lowest BCUT2D eigenvalue weighted by atomic mass is 9.83. The molecular formula is C28H37N8P. The summed E-state index contributed by atoms with van der Waals surface area (Å²) in [5.74, 6) is 3.05. The van der Waals surface area contributed by atoms with E-state index in [2.05, 4.69) is 81.9 Å². The van der Waals surface area contributed by atoms with Crippen molar-refractivity contribution in [2.45, 2.75) is 52.7 Å². The van der Waals surface area contributed by atoms with Crippen LogP contribution >= 0.6 is 9.24 Å². The summed E-state index contributed by atoms with van der Waals surface area (Å²) in [6.45, 7) is 16.9. The minimum atomic E-state index is 0.291. The highest BCUT2D eigenvalue weighted by Crippen LogP contribution is 2.30. The van der Waals surface area contributed by atoms with Gasteiger partial charge in [-0.05, 0) is 75.2 Å². The summed E-state index contributed by atoms with van der Waals surface area (Å²) in [6.07, 6.45) is 11.2. The van der Waals surface area contributed by atoms with E-state index < -0.39 is 0 Å². The van der Waals surface area contributed by atoms with Crippen molar-refractivity contribution in [2.75, 3.05) is 25.0 Å². The van der Waals surface area contributed by atoms with Crippen molar-refractivity contribution in [3.8, 4) is 0 Å². The summed E-state index contributed by atoms with van der Waals surface area (Å²) < 4.78 is 2.22. The summed E-state index contributed by atoms with van der Waals surface area (Å²) in [7, 11) is 2.79. The first-order valence-electron chi connectivity index (χ1n) is 13.0. The Hall–Kier alpha value is -2.93. The van der Waals surface area contributed by atoms with E-state index in [1.54, 1.807) is 0 Å². The van der Waals surface area contributed by atoms with Gasteiger partial charge in [0.2, 0.25) is 5.95 Å². The number of hydrogen-bond donors (Lipinski definition) is 2. The van der Waals surface area contributed by atoms with Crippen LogP contribution in [0.5, 0.6) is 0 Å². The van der Waals surface area contributed by atoms with E-state index in [9.17, 15) is 0 Å². The van der Waals surface area contributed by atoms with E-state index in [-0.39, 0.29) is 0 Å². The minimum Gasteiger partial charge on any atom is -0.326 e. The first kappa shape index (κ1) is 25.7. The van der Waals surface area contributed by atoms with Crippen LogP contribution in [0.1, 0.15) is 50.2 Å². The molecule has 3 atom stereocenters. The van der Waals surface area contributed by atoms with Gasteiger partial charge in [0, 0.05) is 55.9 Å². The van der Waals surface area contributed by atoms with Crippen LogP contribution in [0.4, 0.5) is 11.8 Å². The molecule has 2 aliphatic heterocycles. The van der Waals surface area contributed by atoms with Crippen LogP contribution in [-0.4, -0.2) is 55.1 Å². The number of anilines is 2. The first-order chi connectivity index (χ1) is 17.8. The summed E-state index contributed by atoms with van der Waals surface area (Å²) in [5, 5.41) is 9.60. The van der Waals surface area contributed by atoms with E-state index in [0.717, 1.165) is 64.1 Å². The van der Waals surface area contributed by atoms with Crippen LogP contribution in [0.3, 0.4) is 0 Å². The molecule has 3 unspecified atom stereocenters. The highest BCUT2D eigenvalue weighted by molar-refractivity contribution is 7.27. The van der Waals surface area contributed by atoms with Gasteiger partial charge in [-0.15, -0.1) is 9.24 Å². The standard InChI is InChI=1S/C28H37N8P/c1-6-21(9-24-18(4)33-19(5)36(24)17(2)3)23-10-27(30-14-26(23)37)34-28-31-11-20(12-32-28)15-35-16-22-7-8-29-13-25(22)35/h6,9-12,14,17,22,25,29H,4,7-8,13,15-16,37H2,1-3,5H3,(H,30,31,32,34)/b21-6+,24-9+. The van der Waals surface area contributed by atoms with Crippen molar-refractivity contribution in [1.29, 1.82) is 0 Å². The fourth-order valence-electron chi connectivity index (χ4n) is 5.54. The number of nitrogens with one attached hydrogen (secondary N) is 2. The molecule has 37 heavy (non-hydrogen) atoms. The average molecular weight is 517 g/mol. The topological polar surface area (TPSA) is 83.8 Å². The van der Waals surface area contributed by atoms with Gasteiger partial charge in [0.25, 0.3) is 0 Å². The Bertz CT molecular complexity index is 1410. The molecule has 5 heterocycles. The SMILES string of the molecule is C=c1nc(C)n(C(C)C)/c1=C/C(=C\C)c1cc(Nc2ncc(CN3CC4CCNCC43)cn2)ncc1P. The fraction of sp³-hybridized carbons (Fsp3) is 0.429. The number of pyridine rings is 1. The molecule has 3 aromatic heterocycles. The highest BCUT2D eigenvalue weighted by Gasteiger charge is 2.39. The molecule has 0 spiro atoms. The summed E-state index contributed by atoms with van der Waals surface area (Å²) >= 11 is 0. The van der Waals surface area contributed by atoms with Gasteiger partial charge in [-0.2, -0.15) is 0 Å². The number of aryl methyl sites for hydroxylation is 1. The van der Waals surface area contributed by atoms with Gasteiger partial charge >= 0.3 is 0 Å². The molecule has 0 bridgehead atoms. The monoisotopic (exact) mass is 516 g/mol. The zero-order chi connectivity index (χ0) is 26.1. The third kappa shape index (κ3) is 5.37. The van der Waals surface area contributed by atoms with E-state index >= 15 is 0 Å². The molecule has 9 heteroatoms. The highest BCUT2D eigenvalue weighted by atomic mass is 31.0. The molecule has 194 valence electrons. The number of allylic oxidation sites excluding steroid dienone is 2. The van der Waals surface area contributed by atoms with Crippen LogP contribution in [0.15, 0.2) is 30.7 Å². The smallest absolute Gasteiger partial charge is 0.228 e. The van der Waals surface area contributed by atoms with Crippen LogP contribution in [0.25, 0.3) is 18.2 Å².